The van der Waals surface area contributed by atoms with Gasteiger partial charge in [0.2, 0.25) is 5.91 Å². The van der Waals surface area contributed by atoms with E-state index in [0.717, 1.165) is 38.4 Å². The zero-order valence-electron chi connectivity index (χ0n) is 14.8. The summed E-state index contributed by atoms with van der Waals surface area (Å²) >= 11 is 1.27. The average Bonchev–Trinajstić information content (AvgIpc) is 3.09. The van der Waals surface area contributed by atoms with E-state index < -0.39 is 0 Å². The standard InChI is InChI=1S/C19H23N3O3S/c1-14(23)21-18-7-6-17(26-18)19(24)20-12-15-2-4-16(5-3-15)13-22-8-10-25-11-9-22/h2-7H,8-13H2,1H3,(H,20,24)(H,21,23). The first-order chi connectivity index (χ1) is 12.6. The van der Waals surface area contributed by atoms with Crippen LogP contribution >= 0.6 is 11.3 Å². The number of thiophene rings is 1. The average molecular weight is 373 g/mol. The minimum absolute atomic E-state index is 0.135. The Morgan fingerprint density at radius 1 is 1.08 bits per heavy atom. The summed E-state index contributed by atoms with van der Waals surface area (Å²) in [6.07, 6.45) is 0. The molecule has 1 saturated heterocycles. The Labute approximate surface area is 157 Å². The Morgan fingerprint density at radius 2 is 1.77 bits per heavy atom. The van der Waals surface area contributed by atoms with Crippen LogP contribution in [0.3, 0.4) is 0 Å². The van der Waals surface area contributed by atoms with Crippen LogP contribution in [0.15, 0.2) is 36.4 Å². The molecule has 6 nitrogen and oxygen atoms in total. The van der Waals surface area contributed by atoms with Crippen LogP contribution in [0.4, 0.5) is 5.00 Å². The number of amides is 2. The quantitative estimate of drug-likeness (QED) is 0.816. The van der Waals surface area contributed by atoms with Crippen molar-refractivity contribution in [2.45, 2.75) is 20.0 Å². The molecule has 26 heavy (non-hydrogen) atoms. The van der Waals surface area contributed by atoms with Crippen molar-refractivity contribution < 1.29 is 14.3 Å². The van der Waals surface area contributed by atoms with E-state index in [1.807, 2.05) is 12.1 Å². The summed E-state index contributed by atoms with van der Waals surface area (Å²) < 4.78 is 5.37. The number of anilines is 1. The van der Waals surface area contributed by atoms with Crippen LogP contribution in [0.2, 0.25) is 0 Å². The number of carbonyl (C=O) groups excluding carboxylic acids is 2. The summed E-state index contributed by atoms with van der Waals surface area (Å²) in [5, 5.41) is 6.27. The van der Waals surface area contributed by atoms with E-state index >= 15 is 0 Å². The first-order valence-corrected chi connectivity index (χ1v) is 9.45. The fourth-order valence-electron chi connectivity index (χ4n) is 2.75. The van der Waals surface area contributed by atoms with Gasteiger partial charge in [-0.05, 0) is 23.3 Å². The first-order valence-electron chi connectivity index (χ1n) is 8.64. The number of hydrogen-bond donors (Lipinski definition) is 2. The van der Waals surface area contributed by atoms with Gasteiger partial charge in [0, 0.05) is 33.1 Å². The van der Waals surface area contributed by atoms with Gasteiger partial charge in [0.05, 0.1) is 23.1 Å². The van der Waals surface area contributed by atoms with Crippen molar-refractivity contribution in [2.24, 2.45) is 0 Å². The number of nitrogens with one attached hydrogen (secondary N) is 2. The predicted octanol–water partition coefficient (Wildman–Crippen LogP) is 2.47. The molecule has 0 unspecified atom stereocenters. The highest BCUT2D eigenvalue weighted by molar-refractivity contribution is 7.18. The number of hydrogen-bond acceptors (Lipinski definition) is 5. The maximum absolute atomic E-state index is 12.2. The molecule has 0 saturated carbocycles. The van der Waals surface area contributed by atoms with Crippen LogP contribution < -0.4 is 10.6 Å². The normalized spacial score (nSPS) is 14.8. The SMILES string of the molecule is CC(=O)Nc1ccc(C(=O)NCc2ccc(CN3CCOCC3)cc2)s1. The Balaban J connectivity index is 1.48. The molecule has 3 rings (SSSR count). The molecule has 1 aromatic heterocycles. The number of rotatable bonds is 6. The first kappa shape index (κ1) is 18.6. The van der Waals surface area contributed by atoms with E-state index in [9.17, 15) is 9.59 Å². The van der Waals surface area contributed by atoms with Gasteiger partial charge in [-0.25, -0.2) is 0 Å². The van der Waals surface area contributed by atoms with Crippen molar-refractivity contribution in [2.75, 3.05) is 31.6 Å². The van der Waals surface area contributed by atoms with E-state index in [-0.39, 0.29) is 11.8 Å². The molecule has 0 aliphatic carbocycles. The van der Waals surface area contributed by atoms with Gasteiger partial charge in [-0.1, -0.05) is 24.3 Å². The molecule has 2 aromatic rings. The zero-order chi connectivity index (χ0) is 18.4. The van der Waals surface area contributed by atoms with Gasteiger partial charge in [0.1, 0.15) is 0 Å². The monoisotopic (exact) mass is 373 g/mol. The highest BCUT2D eigenvalue weighted by Gasteiger charge is 2.11. The lowest BCUT2D eigenvalue weighted by Crippen LogP contribution is -2.35. The van der Waals surface area contributed by atoms with Crippen LogP contribution in [0.5, 0.6) is 0 Å². The molecule has 0 atom stereocenters. The molecule has 138 valence electrons. The second kappa shape index (κ2) is 8.93. The Hall–Kier alpha value is -2.22. The lowest BCUT2D eigenvalue weighted by atomic mass is 10.1. The van der Waals surface area contributed by atoms with E-state index in [1.54, 1.807) is 12.1 Å². The van der Waals surface area contributed by atoms with Gasteiger partial charge in [-0.15, -0.1) is 11.3 Å². The third-order valence-electron chi connectivity index (χ3n) is 4.11. The van der Waals surface area contributed by atoms with Gasteiger partial charge in [-0.2, -0.15) is 0 Å². The Kier molecular flexibility index (Phi) is 6.38. The maximum Gasteiger partial charge on any atom is 0.261 e. The van der Waals surface area contributed by atoms with Crippen LogP contribution in [-0.4, -0.2) is 43.0 Å². The smallest absolute Gasteiger partial charge is 0.261 e. The van der Waals surface area contributed by atoms with Crippen molar-refractivity contribution in [3.05, 3.63) is 52.4 Å². The summed E-state index contributed by atoms with van der Waals surface area (Å²) in [5.74, 6) is -0.278. The van der Waals surface area contributed by atoms with Crippen molar-refractivity contribution >= 4 is 28.2 Å². The Bertz CT molecular complexity index is 752. The molecule has 1 aliphatic heterocycles. The molecule has 2 heterocycles. The third-order valence-corrected chi connectivity index (χ3v) is 5.11. The van der Waals surface area contributed by atoms with Gasteiger partial charge in [0.25, 0.3) is 5.91 Å². The maximum atomic E-state index is 12.2. The van der Waals surface area contributed by atoms with Crippen LogP contribution in [0.1, 0.15) is 27.7 Å². The molecular formula is C19H23N3O3S. The summed E-state index contributed by atoms with van der Waals surface area (Å²) in [7, 11) is 0. The predicted molar refractivity (Wildman–Crippen MR) is 102 cm³/mol. The van der Waals surface area contributed by atoms with Crippen LogP contribution in [-0.2, 0) is 22.6 Å². The van der Waals surface area contributed by atoms with Gasteiger partial charge >= 0.3 is 0 Å². The molecule has 1 aliphatic rings. The van der Waals surface area contributed by atoms with E-state index in [4.69, 9.17) is 4.74 Å². The number of morpholine rings is 1. The molecule has 0 bridgehead atoms. The fourth-order valence-corrected chi connectivity index (χ4v) is 3.62. The highest BCUT2D eigenvalue weighted by Crippen LogP contribution is 2.21. The summed E-state index contributed by atoms with van der Waals surface area (Å²) in [4.78, 5) is 26.2. The fraction of sp³-hybridized carbons (Fsp3) is 0.368. The van der Waals surface area contributed by atoms with Crippen molar-refractivity contribution in [1.29, 1.82) is 0 Å². The van der Waals surface area contributed by atoms with E-state index in [0.29, 0.717) is 16.4 Å². The number of benzene rings is 1. The number of nitrogens with zero attached hydrogens (tertiary/aromatic N) is 1. The molecule has 2 N–H and O–H groups in total. The summed E-state index contributed by atoms with van der Waals surface area (Å²) in [6, 6.07) is 11.8. The highest BCUT2D eigenvalue weighted by atomic mass is 32.1. The van der Waals surface area contributed by atoms with Crippen LogP contribution in [0, 0.1) is 0 Å². The van der Waals surface area contributed by atoms with E-state index in [2.05, 4.69) is 27.7 Å². The minimum Gasteiger partial charge on any atom is -0.379 e. The molecule has 0 spiro atoms. The van der Waals surface area contributed by atoms with Crippen molar-refractivity contribution in [1.82, 2.24) is 10.2 Å². The second-order valence-corrected chi connectivity index (χ2v) is 7.32. The zero-order valence-corrected chi connectivity index (χ0v) is 15.6. The summed E-state index contributed by atoms with van der Waals surface area (Å²) in [6.45, 7) is 6.40. The molecule has 7 heteroatoms. The van der Waals surface area contributed by atoms with Gasteiger partial charge in [-0.3, -0.25) is 14.5 Å². The topological polar surface area (TPSA) is 70.7 Å². The largest absolute Gasteiger partial charge is 0.379 e. The van der Waals surface area contributed by atoms with Crippen molar-refractivity contribution in [3.8, 4) is 0 Å². The molecular weight excluding hydrogens is 350 g/mol. The number of ether oxygens (including phenoxy) is 1. The molecule has 1 aromatic carbocycles. The molecule has 1 fully saturated rings. The lowest BCUT2D eigenvalue weighted by Gasteiger charge is -2.26. The second-order valence-electron chi connectivity index (χ2n) is 6.23. The van der Waals surface area contributed by atoms with Gasteiger partial charge < -0.3 is 15.4 Å². The molecule has 2 amide bonds. The van der Waals surface area contributed by atoms with E-state index in [1.165, 1.54) is 23.8 Å². The molecule has 0 radical (unpaired) electrons. The van der Waals surface area contributed by atoms with Crippen molar-refractivity contribution in [3.63, 3.8) is 0 Å². The lowest BCUT2D eigenvalue weighted by molar-refractivity contribution is -0.114. The summed E-state index contributed by atoms with van der Waals surface area (Å²) in [5.41, 5.74) is 2.32. The minimum atomic E-state index is -0.143. The number of carbonyl (C=O) groups is 2. The third kappa shape index (κ3) is 5.39. The Morgan fingerprint density at radius 3 is 2.46 bits per heavy atom. The van der Waals surface area contributed by atoms with Crippen LogP contribution in [0.25, 0.3) is 0 Å². The van der Waals surface area contributed by atoms with Gasteiger partial charge in [0.15, 0.2) is 0 Å².